The molecule has 0 unspecified atom stereocenters. The minimum absolute atomic E-state index is 0.233. The highest BCUT2D eigenvalue weighted by Crippen LogP contribution is 2.28. The van der Waals surface area contributed by atoms with E-state index in [4.69, 9.17) is 14.2 Å². The maximum absolute atomic E-state index is 11.9. The van der Waals surface area contributed by atoms with Gasteiger partial charge in [0.2, 0.25) is 0 Å². The third kappa shape index (κ3) is 4.66. The Hall–Kier alpha value is -3.46. The van der Waals surface area contributed by atoms with E-state index >= 15 is 0 Å². The van der Waals surface area contributed by atoms with Gasteiger partial charge in [-0.15, -0.1) is 0 Å². The number of H-pyrrole nitrogens is 1. The molecule has 0 bridgehead atoms. The van der Waals surface area contributed by atoms with Gasteiger partial charge >= 0.3 is 0 Å². The maximum atomic E-state index is 11.9. The van der Waals surface area contributed by atoms with Crippen LogP contribution < -0.4 is 19.8 Å². The van der Waals surface area contributed by atoms with Crippen molar-refractivity contribution in [1.82, 2.24) is 19.6 Å². The van der Waals surface area contributed by atoms with Crippen LogP contribution in [0.3, 0.4) is 0 Å². The van der Waals surface area contributed by atoms with Gasteiger partial charge in [-0.25, -0.2) is 14.5 Å². The number of aromatic nitrogens is 4. The molecule has 2 heterocycles. The van der Waals surface area contributed by atoms with Crippen molar-refractivity contribution in [2.24, 2.45) is 0 Å². The normalized spacial score (nSPS) is 10.9. The van der Waals surface area contributed by atoms with E-state index in [0.29, 0.717) is 40.5 Å². The zero-order valence-electron chi connectivity index (χ0n) is 17.4. The molecule has 0 amide bonds. The van der Waals surface area contributed by atoms with Gasteiger partial charge in [-0.05, 0) is 48.9 Å². The highest BCUT2D eigenvalue weighted by atomic mass is 32.2. The molecule has 1 N–H and O–H groups in total. The lowest BCUT2D eigenvalue weighted by atomic mass is 10.2. The van der Waals surface area contributed by atoms with E-state index in [1.807, 2.05) is 49.4 Å². The zero-order valence-corrected chi connectivity index (χ0v) is 18.2. The number of fused-ring (bicyclic) bond motifs is 1. The van der Waals surface area contributed by atoms with Crippen molar-refractivity contribution in [2.75, 3.05) is 26.6 Å². The van der Waals surface area contributed by atoms with Gasteiger partial charge in [0.1, 0.15) is 5.75 Å². The Kier molecular flexibility index (Phi) is 6.13. The summed E-state index contributed by atoms with van der Waals surface area (Å²) in [5, 5.41) is 3.36. The van der Waals surface area contributed by atoms with Crippen LogP contribution in [-0.2, 0) is 0 Å². The lowest BCUT2D eigenvalue weighted by molar-refractivity contribution is 0.313. The van der Waals surface area contributed by atoms with E-state index in [0.717, 1.165) is 16.9 Å². The van der Waals surface area contributed by atoms with Crippen LogP contribution in [0.2, 0.25) is 0 Å². The Morgan fingerprint density at radius 1 is 1.00 bits per heavy atom. The minimum Gasteiger partial charge on any atom is -0.497 e. The van der Waals surface area contributed by atoms with Crippen LogP contribution in [0.25, 0.3) is 17.0 Å². The molecular weight excluding hydrogens is 416 g/mol. The number of nitrogens with one attached hydrogen (secondary N) is 1. The molecule has 0 atom stereocenters. The van der Waals surface area contributed by atoms with E-state index in [1.165, 1.54) is 17.8 Å². The summed E-state index contributed by atoms with van der Waals surface area (Å²) in [7, 11) is 3.24. The summed E-state index contributed by atoms with van der Waals surface area (Å²) in [5.41, 5.74) is 2.21. The Balaban J connectivity index is 1.53. The summed E-state index contributed by atoms with van der Waals surface area (Å²) in [6.07, 6.45) is 0. The van der Waals surface area contributed by atoms with Crippen LogP contribution in [0.15, 0.2) is 58.5 Å². The molecule has 4 aromatic rings. The van der Waals surface area contributed by atoms with Gasteiger partial charge in [0.05, 0.1) is 20.8 Å². The van der Waals surface area contributed by atoms with Crippen molar-refractivity contribution in [1.29, 1.82) is 0 Å². The number of hydrogen-bond acceptors (Lipinski definition) is 7. The second-order valence-electron chi connectivity index (χ2n) is 6.72. The van der Waals surface area contributed by atoms with Crippen molar-refractivity contribution in [3.05, 3.63) is 64.4 Å². The largest absolute Gasteiger partial charge is 0.497 e. The second kappa shape index (κ2) is 9.13. The molecule has 0 radical (unpaired) electrons. The standard InChI is InChI=1S/C22H22N4O4S/c1-14-4-9-17(18(12-14)29-3)30-10-11-31-22-24-21(15-5-7-16(28-2)8-6-15)23-19-13-20(27)25-26(19)22/h4-9,12-13H,10-11H2,1-3H3,(H,25,27). The number of nitrogens with zero attached hydrogens (tertiary/aromatic N) is 3. The molecule has 4 rings (SSSR count). The molecule has 9 heteroatoms. The van der Waals surface area contributed by atoms with E-state index in [1.54, 1.807) is 18.7 Å². The van der Waals surface area contributed by atoms with E-state index in [9.17, 15) is 4.79 Å². The first-order chi connectivity index (χ1) is 15.1. The predicted molar refractivity (Wildman–Crippen MR) is 120 cm³/mol. The summed E-state index contributed by atoms with van der Waals surface area (Å²) in [6, 6.07) is 14.7. The summed E-state index contributed by atoms with van der Waals surface area (Å²) < 4.78 is 18.1. The fraction of sp³-hybridized carbons (Fsp3) is 0.227. The van der Waals surface area contributed by atoms with Crippen molar-refractivity contribution in [2.45, 2.75) is 12.1 Å². The van der Waals surface area contributed by atoms with Crippen LogP contribution in [-0.4, -0.2) is 46.2 Å². The van der Waals surface area contributed by atoms with Gasteiger partial charge < -0.3 is 14.2 Å². The number of hydrogen-bond donors (Lipinski definition) is 1. The molecule has 0 aliphatic rings. The fourth-order valence-corrected chi connectivity index (χ4v) is 3.80. The number of rotatable bonds is 8. The molecule has 0 fully saturated rings. The first-order valence-electron chi connectivity index (χ1n) is 9.62. The topological polar surface area (TPSA) is 90.7 Å². The van der Waals surface area contributed by atoms with Crippen molar-refractivity contribution < 1.29 is 14.2 Å². The number of aryl methyl sites for hydroxylation is 1. The van der Waals surface area contributed by atoms with Crippen molar-refractivity contribution in [3.63, 3.8) is 0 Å². The third-order valence-corrected chi connectivity index (χ3v) is 5.47. The van der Waals surface area contributed by atoms with Gasteiger partial charge in [-0.3, -0.25) is 9.89 Å². The Morgan fingerprint density at radius 2 is 1.81 bits per heavy atom. The van der Waals surface area contributed by atoms with Crippen molar-refractivity contribution >= 4 is 17.4 Å². The molecular formula is C22H22N4O4S. The lowest BCUT2D eigenvalue weighted by Crippen LogP contribution is -2.07. The number of aromatic amines is 1. The van der Waals surface area contributed by atoms with Crippen LogP contribution in [0, 0.1) is 6.92 Å². The van der Waals surface area contributed by atoms with Crippen LogP contribution in [0.5, 0.6) is 17.2 Å². The van der Waals surface area contributed by atoms with E-state index in [2.05, 4.69) is 15.1 Å². The Labute approximate surface area is 183 Å². The SMILES string of the molecule is COc1ccc(-c2nc(SCCOc3ccc(C)cc3OC)n3[nH]c(=O)cc3n2)cc1. The highest BCUT2D eigenvalue weighted by Gasteiger charge is 2.12. The molecule has 31 heavy (non-hydrogen) atoms. The summed E-state index contributed by atoms with van der Waals surface area (Å²) in [4.78, 5) is 21.0. The van der Waals surface area contributed by atoms with E-state index in [-0.39, 0.29) is 5.56 Å². The number of thioether (sulfide) groups is 1. The minimum atomic E-state index is -0.233. The van der Waals surface area contributed by atoms with E-state index < -0.39 is 0 Å². The second-order valence-corrected chi connectivity index (χ2v) is 7.79. The van der Waals surface area contributed by atoms with Gasteiger partial charge in [-0.1, -0.05) is 17.8 Å². The van der Waals surface area contributed by atoms with Gasteiger partial charge in [0.15, 0.2) is 28.1 Å². The lowest BCUT2D eigenvalue weighted by Gasteiger charge is -2.11. The van der Waals surface area contributed by atoms with Gasteiger partial charge in [0.25, 0.3) is 5.56 Å². The molecule has 2 aromatic heterocycles. The Bertz CT molecular complexity index is 1250. The number of methoxy groups -OCH3 is 2. The smallest absolute Gasteiger partial charge is 0.266 e. The third-order valence-electron chi connectivity index (χ3n) is 4.56. The first-order valence-corrected chi connectivity index (χ1v) is 10.6. The van der Waals surface area contributed by atoms with Gasteiger partial charge in [-0.2, -0.15) is 0 Å². The van der Waals surface area contributed by atoms with Crippen LogP contribution in [0.4, 0.5) is 0 Å². The molecule has 0 aliphatic carbocycles. The highest BCUT2D eigenvalue weighted by molar-refractivity contribution is 7.99. The monoisotopic (exact) mass is 438 g/mol. The van der Waals surface area contributed by atoms with Crippen molar-refractivity contribution in [3.8, 4) is 28.6 Å². The van der Waals surface area contributed by atoms with Gasteiger partial charge in [0, 0.05) is 17.4 Å². The molecule has 8 nitrogen and oxygen atoms in total. The molecule has 0 aliphatic heterocycles. The number of benzene rings is 2. The zero-order chi connectivity index (χ0) is 21.8. The molecule has 0 saturated carbocycles. The summed E-state index contributed by atoms with van der Waals surface area (Å²) >= 11 is 1.47. The summed E-state index contributed by atoms with van der Waals surface area (Å²) in [6.45, 7) is 2.44. The quantitative estimate of drug-likeness (QED) is 0.332. The van der Waals surface area contributed by atoms with Crippen LogP contribution in [0.1, 0.15) is 5.56 Å². The average molecular weight is 439 g/mol. The molecule has 0 saturated heterocycles. The summed E-state index contributed by atoms with van der Waals surface area (Å²) in [5.74, 6) is 3.29. The molecule has 160 valence electrons. The van der Waals surface area contributed by atoms with Crippen LogP contribution >= 0.6 is 11.8 Å². The fourth-order valence-electron chi connectivity index (χ4n) is 3.03. The maximum Gasteiger partial charge on any atom is 0.266 e. The average Bonchev–Trinajstić information content (AvgIpc) is 3.17. The predicted octanol–water partition coefficient (Wildman–Crippen LogP) is 3.58. The Morgan fingerprint density at radius 3 is 2.55 bits per heavy atom. The first kappa shape index (κ1) is 20.8. The molecule has 2 aromatic carbocycles. The molecule has 0 spiro atoms. The number of ether oxygens (including phenoxy) is 3.